The largest absolute Gasteiger partial charge is 0.462 e. The van der Waals surface area contributed by atoms with Gasteiger partial charge in [-0.15, -0.1) is 0 Å². The fourth-order valence-corrected chi connectivity index (χ4v) is 2.52. The maximum Gasteiger partial charge on any atom is 0.338 e. The first kappa shape index (κ1) is 18.5. The van der Waals surface area contributed by atoms with E-state index in [1.807, 2.05) is 6.92 Å². The lowest BCUT2D eigenvalue weighted by molar-refractivity contribution is 0.0499. The number of halogens is 2. The second kappa shape index (κ2) is 8.85. The minimum atomic E-state index is -0.364. The molecule has 0 aliphatic rings. The molecule has 0 saturated heterocycles. The van der Waals surface area contributed by atoms with Gasteiger partial charge in [0.1, 0.15) is 0 Å². The van der Waals surface area contributed by atoms with E-state index in [1.165, 1.54) is 0 Å². The SMILES string of the molecule is CCCCOC(=O)c1ccc(NC(=O)c2cc(Br)ccc2Cl)cc1. The predicted molar refractivity (Wildman–Crippen MR) is 98.7 cm³/mol. The molecular weight excluding hydrogens is 394 g/mol. The zero-order chi connectivity index (χ0) is 17.5. The Labute approximate surface area is 154 Å². The average molecular weight is 411 g/mol. The molecule has 4 nitrogen and oxygen atoms in total. The molecule has 0 saturated carbocycles. The highest BCUT2D eigenvalue weighted by molar-refractivity contribution is 9.10. The lowest BCUT2D eigenvalue weighted by Gasteiger charge is -2.08. The summed E-state index contributed by atoms with van der Waals surface area (Å²) in [5.41, 5.74) is 1.39. The summed E-state index contributed by atoms with van der Waals surface area (Å²) < 4.78 is 5.90. The van der Waals surface area contributed by atoms with Crippen LogP contribution in [-0.2, 0) is 4.74 Å². The fraction of sp³-hybridized carbons (Fsp3) is 0.222. The van der Waals surface area contributed by atoms with Crippen LogP contribution in [0.4, 0.5) is 5.69 Å². The van der Waals surface area contributed by atoms with Gasteiger partial charge in [-0.05, 0) is 48.9 Å². The Hall–Kier alpha value is -1.85. The number of carbonyl (C=O) groups excluding carboxylic acids is 2. The second-order valence-corrected chi connectivity index (χ2v) is 6.47. The summed E-state index contributed by atoms with van der Waals surface area (Å²) in [6.07, 6.45) is 1.81. The number of nitrogens with one attached hydrogen (secondary N) is 1. The molecule has 0 bridgehead atoms. The van der Waals surface area contributed by atoms with Crippen molar-refractivity contribution in [2.75, 3.05) is 11.9 Å². The van der Waals surface area contributed by atoms with Crippen molar-refractivity contribution in [1.29, 1.82) is 0 Å². The van der Waals surface area contributed by atoms with E-state index in [-0.39, 0.29) is 11.9 Å². The van der Waals surface area contributed by atoms with E-state index in [0.29, 0.717) is 28.4 Å². The minimum Gasteiger partial charge on any atom is -0.462 e. The Kier molecular flexibility index (Phi) is 6.82. The molecular formula is C18H17BrClNO3. The van der Waals surface area contributed by atoms with Gasteiger partial charge in [-0.1, -0.05) is 40.9 Å². The molecule has 1 amide bonds. The van der Waals surface area contributed by atoms with Gasteiger partial charge in [0, 0.05) is 10.2 Å². The Balaban J connectivity index is 2.02. The average Bonchev–Trinajstić information content (AvgIpc) is 2.57. The molecule has 0 unspecified atom stereocenters. The number of amides is 1. The van der Waals surface area contributed by atoms with Crippen molar-refractivity contribution in [2.45, 2.75) is 19.8 Å². The normalized spacial score (nSPS) is 10.3. The van der Waals surface area contributed by atoms with Gasteiger partial charge in [0.25, 0.3) is 5.91 Å². The summed E-state index contributed by atoms with van der Waals surface area (Å²) in [6.45, 7) is 2.44. The summed E-state index contributed by atoms with van der Waals surface area (Å²) in [6, 6.07) is 11.6. The molecule has 6 heteroatoms. The van der Waals surface area contributed by atoms with Crippen LogP contribution in [0.15, 0.2) is 46.9 Å². The Bertz CT molecular complexity index is 732. The minimum absolute atomic E-state index is 0.320. The summed E-state index contributed by atoms with van der Waals surface area (Å²) in [7, 11) is 0. The standard InChI is InChI=1S/C18H17BrClNO3/c1-2-3-10-24-18(23)12-4-7-14(8-5-12)21-17(22)15-11-13(19)6-9-16(15)20/h4-9,11H,2-3,10H2,1H3,(H,21,22). The fourth-order valence-electron chi connectivity index (χ4n) is 1.95. The van der Waals surface area contributed by atoms with Crippen LogP contribution in [0, 0.1) is 0 Å². The zero-order valence-electron chi connectivity index (χ0n) is 13.1. The van der Waals surface area contributed by atoms with Gasteiger partial charge in [0.05, 0.1) is 22.8 Å². The number of rotatable bonds is 6. The molecule has 2 aromatic carbocycles. The van der Waals surface area contributed by atoms with Gasteiger partial charge in [-0.25, -0.2) is 4.79 Å². The van der Waals surface area contributed by atoms with Crippen LogP contribution in [-0.4, -0.2) is 18.5 Å². The molecule has 0 aliphatic heterocycles. The highest BCUT2D eigenvalue weighted by Crippen LogP contribution is 2.22. The molecule has 24 heavy (non-hydrogen) atoms. The van der Waals surface area contributed by atoms with Gasteiger partial charge in [-0.3, -0.25) is 4.79 Å². The molecule has 0 fully saturated rings. The highest BCUT2D eigenvalue weighted by atomic mass is 79.9. The van der Waals surface area contributed by atoms with Crippen LogP contribution in [0.2, 0.25) is 5.02 Å². The number of unbranched alkanes of at least 4 members (excludes halogenated alkanes) is 1. The molecule has 0 spiro atoms. The van der Waals surface area contributed by atoms with Crippen molar-refractivity contribution in [3.05, 3.63) is 63.1 Å². The van der Waals surface area contributed by atoms with Crippen molar-refractivity contribution in [3.8, 4) is 0 Å². The third-order valence-electron chi connectivity index (χ3n) is 3.28. The first-order chi connectivity index (χ1) is 11.5. The van der Waals surface area contributed by atoms with Crippen LogP contribution in [0.5, 0.6) is 0 Å². The third-order valence-corrected chi connectivity index (χ3v) is 4.11. The molecule has 0 atom stereocenters. The number of hydrogen-bond acceptors (Lipinski definition) is 3. The lowest BCUT2D eigenvalue weighted by Crippen LogP contribution is -2.13. The van der Waals surface area contributed by atoms with Crippen LogP contribution in [0.25, 0.3) is 0 Å². The Morgan fingerprint density at radius 1 is 1.17 bits per heavy atom. The van der Waals surface area contributed by atoms with E-state index in [4.69, 9.17) is 16.3 Å². The van der Waals surface area contributed by atoms with Gasteiger partial charge in [-0.2, -0.15) is 0 Å². The molecule has 0 radical (unpaired) electrons. The molecule has 0 heterocycles. The van der Waals surface area contributed by atoms with E-state index in [1.54, 1.807) is 42.5 Å². The summed E-state index contributed by atoms with van der Waals surface area (Å²) >= 11 is 9.35. The molecule has 2 rings (SSSR count). The Morgan fingerprint density at radius 3 is 2.54 bits per heavy atom. The maximum absolute atomic E-state index is 12.3. The molecule has 0 aliphatic carbocycles. The van der Waals surface area contributed by atoms with Crippen LogP contribution in [0.1, 0.15) is 40.5 Å². The second-order valence-electron chi connectivity index (χ2n) is 5.15. The van der Waals surface area contributed by atoms with E-state index in [2.05, 4.69) is 21.2 Å². The number of carbonyl (C=O) groups is 2. The van der Waals surface area contributed by atoms with Crippen molar-refractivity contribution in [1.82, 2.24) is 0 Å². The topological polar surface area (TPSA) is 55.4 Å². The monoisotopic (exact) mass is 409 g/mol. The third kappa shape index (κ3) is 5.08. The van der Waals surface area contributed by atoms with Gasteiger partial charge < -0.3 is 10.1 Å². The van der Waals surface area contributed by atoms with Crippen LogP contribution in [0.3, 0.4) is 0 Å². The van der Waals surface area contributed by atoms with E-state index < -0.39 is 0 Å². The predicted octanol–water partition coefficient (Wildman–Crippen LogP) is 5.31. The summed E-state index contributed by atoms with van der Waals surface area (Å²) in [5, 5.41) is 3.12. The Morgan fingerprint density at radius 2 is 1.88 bits per heavy atom. The van der Waals surface area contributed by atoms with E-state index >= 15 is 0 Å². The summed E-state index contributed by atoms with van der Waals surface area (Å²) in [4.78, 5) is 24.1. The first-order valence-electron chi connectivity index (χ1n) is 7.55. The molecule has 126 valence electrons. The van der Waals surface area contributed by atoms with Crippen molar-refractivity contribution < 1.29 is 14.3 Å². The lowest BCUT2D eigenvalue weighted by atomic mass is 10.2. The van der Waals surface area contributed by atoms with Gasteiger partial charge >= 0.3 is 5.97 Å². The van der Waals surface area contributed by atoms with Gasteiger partial charge in [0.2, 0.25) is 0 Å². The van der Waals surface area contributed by atoms with E-state index in [9.17, 15) is 9.59 Å². The number of hydrogen-bond donors (Lipinski definition) is 1. The first-order valence-corrected chi connectivity index (χ1v) is 8.72. The highest BCUT2D eigenvalue weighted by Gasteiger charge is 2.12. The number of ether oxygens (including phenoxy) is 1. The molecule has 1 N–H and O–H groups in total. The smallest absolute Gasteiger partial charge is 0.338 e. The van der Waals surface area contributed by atoms with Crippen LogP contribution < -0.4 is 5.32 Å². The maximum atomic E-state index is 12.3. The number of anilines is 1. The molecule has 2 aromatic rings. The van der Waals surface area contributed by atoms with Gasteiger partial charge in [0.15, 0.2) is 0 Å². The quantitative estimate of drug-likeness (QED) is 0.518. The van der Waals surface area contributed by atoms with Crippen LogP contribution >= 0.6 is 27.5 Å². The zero-order valence-corrected chi connectivity index (χ0v) is 15.5. The summed E-state index contributed by atoms with van der Waals surface area (Å²) in [5.74, 6) is -0.684. The number of benzene rings is 2. The van der Waals surface area contributed by atoms with Crippen molar-refractivity contribution in [3.63, 3.8) is 0 Å². The van der Waals surface area contributed by atoms with E-state index in [0.717, 1.165) is 17.3 Å². The number of esters is 1. The van der Waals surface area contributed by atoms with Crippen molar-refractivity contribution in [2.24, 2.45) is 0 Å². The van der Waals surface area contributed by atoms with Crippen molar-refractivity contribution >= 4 is 45.1 Å². The molecule has 0 aromatic heterocycles.